The van der Waals surface area contributed by atoms with Crippen LogP contribution in [0, 0.1) is 5.82 Å². The molecular formula is C19H13ClFN3O3S2. The Kier molecular flexibility index (Phi) is 5.98. The second kappa shape index (κ2) is 8.81. The summed E-state index contributed by atoms with van der Waals surface area (Å²) in [6.07, 6.45) is 3.05. The maximum Gasteiger partial charge on any atom is 0.250 e. The molecule has 1 aliphatic heterocycles. The Morgan fingerprint density at radius 2 is 2.14 bits per heavy atom. The van der Waals surface area contributed by atoms with E-state index >= 15 is 0 Å². The topological polar surface area (TPSA) is 73.3 Å². The highest BCUT2D eigenvalue weighted by molar-refractivity contribution is 8.00. The number of nitrogens with zero attached hydrogens (tertiary/aromatic N) is 2. The SMILES string of the molecule is O=C(/C=C\c1ccc2c(c1)OCO2)Nc1nnc(SCc2c(F)cccc2Cl)s1. The number of rotatable bonds is 6. The summed E-state index contributed by atoms with van der Waals surface area (Å²) >= 11 is 8.52. The molecule has 0 fully saturated rings. The van der Waals surface area contributed by atoms with Crippen molar-refractivity contribution in [2.45, 2.75) is 10.1 Å². The Hall–Kier alpha value is -2.62. The molecular weight excluding hydrogens is 437 g/mol. The number of carbonyl (C=O) groups excluding carboxylic acids is 1. The number of ether oxygens (including phenoxy) is 2. The van der Waals surface area contributed by atoms with Gasteiger partial charge in [0, 0.05) is 22.4 Å². The number of carbonyl (C=O) groups is 1. The first-order valence-electron chi connectivity index (χ1n) is 8.36. The number of anilines is 1. The second-order valence-electron chi connectivity index (χ2n) is 5.80. The number of hydrogen-bond donors (Lipinski definition) is 1. The summed E-state index contributed by atoms with van der Waals surface area (Å²) < 4.78 is 25.0. The molecule has 1 amide bonds. The normalized spacial score (nSPS) is 12.5. The van der Waals surface area contributed by atoms with Gasteiger partial charge in [0.2, 0.25) is 17.8 Å². The molecule has 10 heteroatoms. The Bertz CT molecular complexity index is 1070. The summed E-state index contributed by atoms with van der Waals surface area (Å²) in [6.45, 7) is 0.198. The van der Waals surface area contributed by atoms with Crippen LogP contribution in [0.5, 0.6) is 11.5 Å². The molecule has 1 aliphatic rings. The van der Waals surface area contributed by atoms with Gasteiger partial charge in [-0.25, -0.2) is 4.39 Å². The third-order valence-corrected chi connectivity index (χ3v) is 6.21. The van der Waals surface area contributed by atoms with E-state index in [-0.39, 0.29) is 18.5 Å². The summed E-state index contributed by atoms with van der Waals surface area (Å²) in [6, 6.07) is 9.96. The van der Waals surface area contributed by atoms with Gasteiger partial charge in [-0.3, -0.25) is 10.1 Å². The molecule has 29 heavy (non-hydrogen) atoms. The van der Waals surface area contributed by atoms with Crippen molar-refractivity contribution in [2.75, 3.05) is 12.1 Å². The van der Waals surface area contributed by atoms with Crippen molar-refractivity contribution >= 4 is 51.8 Å². The first-order chi connectivity index (χ1) is 14.1. The van der Waals surface area contributed by atoms with Crippen LogP contribution in [-0.2, 0) is 10.5 Å². The van der Waals surface area contributed by atoms with Crippen molar-refractivity contribution < 1.29 is 18.7 Å². The molecule has 0 unspecified atom stereocenters. The minimum Gasteiger partial charge on any atom is -0.454 e. The van der Waals surface area contributed by atoms with E-state index in [1.165, 1.54) is 35.2 Å². The van der Waals surface area contributed by atoms with Gasteiger partial charge in [-0.05, 0) is 35.9 Å². The number of halogens is 2. The van der Waals surface area contributed by atoms with Crippen LogP contribution in [-0.4, -0.2) is 22.9 Å². The standard InChI is InChI=1S/C19H13ClFN3O3S2/c20-13-2-1-3-14(21)12(13)9-28-19-24-23-18(29-19)22-17(25)7-5-11-4-6-15-16(8-11)27-10-26-15/h1-8H,9-10H2,(H,22,23,25)/b7-5-. The first-order valence-corrected chi connectivity index (χ1v) is 10.5. The molecule has 0 atom stereocenters. The van der Waals surface area contributed by atoms with Gasteiger partial charge < -0.3 is 9.47 Å². The molecule has 0 spiro atoms. The molecule has 1 aromatic heterocycles. The third-order valence-electron chi connectivity index (χ3n) is 3.86. The zero-order chi connectivity index (χ0) is 20.2. The smallest absolute Gasteiger partial charge is 0.250 e. The van der Waals surface area contributed by atoms with Crippen LogP contribution in [0.25, 0.3) is 6.08 Å². The van der Waals surface area contributed by atoms with E-state index < -0.39 is 0 Å². The quantitative estimate of drug-likeness (QED) is 0.324. The monoisotopic (exact) mass is 449 g/mol. The van der Waals surface area contributed by atoms with Crippen molar-refractivity contribution in [2.24, 2.45) is 0 Å². The van der Waals surface area contributed by atoms with Gasteiger partial charge in [0.25, 0.3) is 0 Å². The molecule has 0 radical (unpaired) electrons. The molecule has 148 valence electrons. The van der Waals surface area contributed by atoms with E-state index in [9.17, 15) is 9.18 Å². The number of fused-ring (bicyclic) bond motifs is 1. The summed E-state index contributed by atoms with van der Waals surface area (Å²) in [5.74, 6) is 0.942. The minimum atomic E-state index is -0.364. The third kappa shape index (κ3) is 4.87. The van der Waals surface area contributed by atoms with Crippen LogP contribution in [0.1, 0.15) is 11.1 Å². The highest BCUT2D eigenvalue weighted by Crippen LogP contribution is 2.33. The maximum atomic E-state index is 13.8. The maximum absolute atomic E-state index is 13.8. The van der Waals surface area contributed by atoms with Crippen molar-refractivity contribution in [3.05, 3.63) is 64.4 Å². The van der Waals surface area contributed by atoms with Crippen LogP contribution in [0.2, 0.25) is 5.02 Å². The lowest BCUT2D eigenvalue weighted by Gasteiger charge is -2.03. The molecule has 2 aromatic carbocycles. The van der Waals surface area contributed by atoms with Gasteiger partial charge in [0.15, 0.2) is 15.8 Å². The van der Waals surface area contributed by atoms with Gasteiger partial charge in [-0.1, -0.05) is 46.8 Å². The summed E-state index contributed by atoms with van der Waals surface area (Å²) in [5.41, 5.74) is 1.21. The van der Waals surface area contributed by atoms with Crippen LogP contribution >= 0.6 is 34.7 Å². The number of aromatic nitrogens is 2. The predicted molar refractivity (Wildman–Crippen MR) is 111 cm³/mol. The van der Waals surface area contributed by atoms with Crippen molar-refractivity contribution in [3.63, 3.8) is 0 Å². The van der Waals surface area contributed by atoms with E-state index in [2.05, 4.69) is 15.5 Å². The number of thioether (sulfide) groups is 1. The Morgan fingerprint density at radius 3 is 3.00 bits per heavy atom. The lowest BCUT2D eigenvalue weighted by Crippen LogP contribution is -2.07. The fraction of sp³-hybridized carbons (Fsp3) is 0.105. The lowest BCUT2D eigenvalue weighted by atomic mass is 10.2. The Balaban J connectivity index is 1.33. The molecule has 6 nitrogen and oxygen atoms in total. The Morgan fingerprint density at radius 1 is 1.28 bits per heavy atom. The van der Waals surface area contributed by atoms with Crippen molar-refractivity contribution in [1.82, 2.24) is 10.2 Å². The highest BCUT2D eigenvalue weighted by Gasteiger charge is 2.13. The van der Waals surface area contributed by atoms with Crippen LogP contribution in [0.4, 0.5) is 9.52 Å². The van der Waals surface area contributed by atoms with Gasteiger partial charge in [0.05, 0.1) is 0 Å². The van der Waals surface area contributed by atoms with E-state index in [0.717, 1.165) is 5.56 Å². The average Bonchev–Trinajstić information content (AvgIpc) is 3.35. The van der Waals surface area contributed by atoms with E-state index in [0.29, 0.717) is 37.3 Å². The average molecular weight is 450 g/mol. The summed E-state index contributed by atoms with van der Waals surface area (Å²) in [7, 11) is 0. The molecule has 0 saturated heterocycles. The molecule has 0 aliphatic carbocycles. The molecule has 0 bridgehead atoms. The summed E-state index contributed by atoms with van der Waals surface area (Å²) in [5, 5.41) is 11.3. The largest absolute Gasteiger partial charge is 0.454 e. The Labute approximate surface area is 178 Å². The van der Waals surface area contributed by atoms with Crippen LogP contribution < -0.4 is 14.8 Å². The number of nitrogens with one attached hydrogen (secondary N) is 1. The zero-order valence-corrected chi connectivity index (χ0v) is 17.1. The van der Waals surface area contributed by atoms with Crippen LogP contribution in [0.3, 0.4) is 0 Å². The van der Waals surface area contributed by atoms with E-state index in [1.54, 1.807) is 30.3 Å². The van der Waals surface area contributed by atoms with E-state index in [1.807, 2.05) is 6.07 Å². The van der Waals surface area contributed by atoms with Gasteiger partial charge in [-0.2, -0.15) is 0 Å². The fourth-order valence-corrected chi connectivity index (χ4v) is 4.56. The van der Waals surface area contributed by atoms with Crippen molar-refractivity contribution in [3.8, 4) is 11.5 Å². The molecule has 3 aromatic rings. The second-order valence-corrected chi connectivity index (χ2v) is 8.40. The number of benzene rings is 2. The van der Waals surface area contributed by atoms with Crippen LogP contribution in [0.15, 0.2) is 46.8 Å². The fourth-order valence-electron chi connectivity index (χ4n) is 2.46. The number of hydrogen-bond acceptors (Lipinski definition) is 7. The number of amides is 1. The highest BCUT2D eigenvalue weighted by atomic mass is 35.5. The minimum absolute atomic E-state index is 0.198. The molecule has 4 rings (SSSR count). The van der Waals surface area contributed by atoms with Gasteiger partial charge >= 0.3 is 0 Å². The first kappa shape index (κ1) is 19.7. The van der Waals surface area contributed by atoms with Gasteiger partial charge in [-0.15, -0.1) is 10.2 Å². The summed E-state index contributed by atoms with van der Waals surface area (Å²) in [4.78, 5) is 12.1. The van der Waals surface area contributed by atoms with Crippen molar-refractivity contribution in [1.29, 1.82) is 0 Å². The molecule has 2 heterocycles. The molecule has 1 N–H and O–H groups in total. The lowest BCUT2D eigenvalue weighted by molar-refractivity contribution is -0.111. The molecule has 0 saturated carbocycles. The van der Waals surface area contributed by atoms with E-state index in [4.69, 9.17) is 21.1 Å². The zero-order valence-electron chi connectivity index (χ0n) is 14.7. The van der Waals surface area contributed by atoms with Gasteiger partial charge in [0.1, 0.15) is 5.82 Å². The predicted octanol–water partition coefficient (Wildman–Crippen LogP) is 5.00.